The fourth-order valence-electron chi connectivity index (χ4n) is 4.79. The molecule has 7 nitrogen and oxygen atoms in total. The van der Waals surface area contributed by atoms with E-state index in [1.165, 1.54) is 0 Å². The summed E-state index contributed by atoms with van der Waals surface area (Å²) in [6, 6.07) is 28.7. The summed E-state index contributed by atoms with van der Waals surface area (Å²) in [6.07, 6.45) is -1.86. The Morgan fingerprint density at radius 2 is 1.32 bits per heavy atom. The van der Waals surface area contributed by atoms with Gasteiger partial charge in [0.2, 0.25) is 17.6 Å². The summed E-state index contributed by atoms with van der Waals surface area (Å²) >= 11 is 0. The molecule has 0 bridgehead atoms. The first-order valence-corrected chi connectivity index (χ1v) is 13.4. The Morgan fingerprint density at radius 3 is 1.88 bits per heavy atom. The number of ether oxygens (including phenoxy) is 4. The van der Waals surface area contributed by atoms with E-state index in [1.54, 1.807) is 6.92 Å². The molecule has 3 aromatic carbocycles. The number of hydrogen-bond acceptors (Lipinski definition) is 7. The van der Waals surface area contributed by atoms with Gasteiger partial charge in [-0.25, -0.2) is 4.98 Å². The number of rotatable bonds is 11. The van der Waals surface area contributed by atoms with Crippen LogP contribution in [0, 0.1) is 12.9 Å². The molecule has 208 valence electrons. The standard InChI is InChI=1S/C32H33FN2O5/c1-3-26-27(37-19-23-13-7-4-8-14-23)29(38-20-24-15-9-5-10-16-24)32(36,40-26)28-30(33)35-31(22(2)34-28)39-21-25-17-11-6-12-18-25/h4-18,26-27,29,36H,3,19-21H2,1-2H3/t26-,27?,29+,32+/m1/s1. The van der Waals surface area contributed by atoms with E-state index < -0.39 is 30.0 Å². The van der Waals surface area contributed by atoms with Gasteiger partial charge in [-0.15, -0.1) is 0 Å². The lowest BCUT2D eigenvalue weighted by atomic mass is 10.00. The molecule has 1 fully saturated rings. The van der Waals surface area contributed by atoms with Crippen LogP contribution in [-0.2, 0) is 39.8 Å². The van der Waals surface area contributed by atoms with Gasteiger partial charge in [-0.05, 0) is 30.0 Å². The summed E-state index contributed by atoms with van der Waals surface area (Å²) in [5.74, 6) is -3.20. The second-order valence-electron chi connectivity index (χ2n) is 9.77. The Balaban J connectivity index is 1.44. The number of aryl methyl sites for hydroxylation is 1. The van der Waals surface area contributed by atoms with Gasteiger partial charge in [0.15, 0.2) is 5.69 Å². The Labute approximate surface area is 233 Å². The van der Waals surface area contributed by atoms with Crippen LogP contribution in [0.3, 0.4) is 0 Å². The third-order valence-corrected chi connectivity index (χ3v) is 6.88. The molecule has 0 amide bonds. The SMILES string of the molecule is CC[C@H]1O[C@@](O)(c2nc(C)c(OCc3ccccc3)nc2F)[C@@H](OCc2ccccc2)C1OCc1ccccc1. The molecule has 2 heterocycles. The molecule has 0 aliphatic carbocycles. The van der Waals surface area contributed by atoms with Crippen molar-refractivity contribution in [2.75, 3.05) is 0 Å². The summed E-state index contributed by atoms with van der Waals surface area (Å²) in [5.41, 5.74) is 2.70. The third kappa shape index (κ3) is 6.21. The van der Waals surface area contributed by atoms with E-state index in [-0.39, 0.29) is 31.4 Å². The Kier molecular flexibility index (Phi) is 8.81. The highest BCUT2D eigenvalue weighted by Gasteiger charge is 2.59. The predicted octanol–water partition coefficient (Wildman–Crippen LogP) is 5.63. The Bertz CT molecular complexity index is 1380. The summed E-state index contributed by atoms with van der Waals surface area (Å²) < 4.78 is 40.0. The quantitative estimate of drug-likeness (QED) is 0.262. The van der Waals surface area contributed by atoms with E-state index in [2.05, 4.69) is 9.97 Å². The lowest BCUT2D eigenvalue weighted by molar-refractivity contribution is -0.254. The highest BCUT2D eigenvalue weighted by Crippen LogP contribution is 2.43. The normalized spacial score (nSPS) is 22.4. The molecular weight excluding hydrogens is 511 g/mol. The molecule has 1 aliphatic rings. The van der Waals surface area contributed by atoms with Crippen LogP contribution in [0.25, 0.3) is 0 Å². The Morgan fingerprint density at radius 1 is 0.800 bits per heavy atom. The molecule has 8 heteroatoms. The van der Waals surface area contributed by atoms with Gasteiger partial charge in [-0.1, -0.05) is 97.9 Å². The van der Waals surface area contributed by atoms with Gasteiger partial charge in [0.05, 0.1) is 19.3 Å². The van der Waals surface area contributed by atoms with Crippen LogP contribution in [0.15, 0.2) is 91.0 Å². The van der Waals surface area contributed by atoms with Crippen molar-refractivity contribution in [2.45, 2.75) is 64.2 Å². The van der Waals surface area contributed by atoms with Gasteiger partial charge in [-0.3, -0.25) is 0 Å². The van der Waals surface area contributed by atoms with Crippen molar-refractivity contribution in [3.05, 3.63) is 125 Å². The average Bonchev–Trinajstić information content (AvgIpc) is 3.27. The molecule has 0 saturated carbocycles. The third-order valence-electron chi connectivity index (χ3n) is 6.88. The van der Waals surface area contributed by atoms with Crippen molar-refractivity contribution in [3.63, 3.8) is 0 Å². The number of nitrogens with zero attached hydrogens (tertiary/aromatic N) is 2. The number of aromatic nitrogens is 2. The van der Waals surface area contributed by atoms with Crippen molar-refractivity contribution >= 4 is 0 Å². The zero-order valence-electron chi connectivity index (χ0n) is 22.6. The van der Waals surface area contributed by atoms with Crippen molar-refractivity contribution < 1.29 is 28.4 Å². The fraction of sp³-hybridized carbons (Fsp3) is 0.312. The van der Waals surface area contributed by atoms with E-state index in [0.717, 1.165) is 16.7 Å². The number of benzene rings is 3. The topological polar surface area (TPSA) is 82.9 Å². The summed E-state index contributed by atoms with van der Waals surface area (Å²) in [4.78, 5) is 8.40. The summed E-state index contributed by atoms with van der Waals surface area (Å²) in [5, 5.41) is 12.0. The highest BCUT2D eigenvalue weighted by molar-refractivity contribution is 5.25. The van der Waals surface area contributed by atoms with Gasteiger partial charge in [0.1, 0.15) is 24.5 Å². The predicted molar refractivity (Wildman–Crippen MR) is 147 cm³/mol. The molecule has 1 saturated heterocycles. The average molecular weight is 545 g/mol. The molecule has 0 radical (unpaired) electrons. The van der Waals surface area contributed by atoms with E-state index in [4.69, 9.17) is 18.9 Å². The lowest BCUT2D eigenvalue weighted by Gasteiger charge is -2.30. The molecule has 5 rings (SSSR count). The molecule has 40 heavy (non-hydrogen) atoms. The molecule has 1 aliphatic heterocycles. The largest absolute Gasteiger partial charge is 0.471 e. The first-order chi connectivity index (χ1) is 19.5. The van der Waals surface area contributed by atoms with E-state index in [1.807, 2.05) is 97.9 Å². The molecule has 1 unspecified atom stereocenters. The minimum absolute atomic E-state index is 0.0392. The van der Waals surface area contributed by atoms with Crippen LogP contribution >= 0.6 is 0 Å². The van der Waals surface area contributed by atoms with Crippen LogP contribution in [0.4, 0.5) is 4.39 Å². The number of halogens is 1. The van der Waals surface area contributed by atoms with Gasteiger partial charge in [0.25, 0.3) is 0 Å². The van der Waals surface area contributed by atoms with Crippen molar-refractivity contribution in [1.29, 1.82) is 0 Å². The van der Waals surface area contributed by atoms with Crippen LogP contribution < -0.4 is 4.74 Å². The molecule has 4 atom stereocenters. The second-order valence-corrected chi connectivity index (χ2v) is 9.77. The monoisotopic (exact) mass is 544 g/mol. The second kappa shape index (κ2) is 12.7. The van der Waals surface area contributed by atoms with Crippen LogP contribution in [0.1, 0.15) is 41.4 Å². The summed E-state index contributed by atoms with van der Waals surface area (Å²) in [7, 11) is 0. The van der Waals surface area contributed by atoms with Crippen LogP contribution in [0.2, 0.25) is 0 Å². The lowest BCUT2D eigenvalue weighted by Crippen LogP contribution is -2.45. The molecule has 1 N–H and O–H groups in total. The van der Waals surface area contributed by atoms with Gasteiger partial charge < -0.3 is 24.1 Å². The zero-order valence-corrected chi connectivity index (χ0v) is 22.6. The maximum atomic E-state index is 15.6. The van der Waals surface area contributed by atoms with Crippen molar-refractivity contribution in [2.24, 2.45) is 0 Å². The van der Waals surface area contributed by atoms with Crippen LogP contribution in [-0.4, -0.2) is 33.4 Å². The summed E-state index contributed by atoms with van der Waals surface area (Å²) in [6.45, 7) is 4.19. The molecule has 1 aromatic heterocycles. The Hall–Kier alpha value is -3.69. The van der Waals surface area contributed by atoms with E-state index >= 15 is 4.39 Å². The van der Waals surface area contributed by atoms with E-state index in [0.29, 0.717) is 12.1 Å². The molecular formula is C32H33FN2O5. The molecule has 0 spiro atoms. The number of aliphatic hydroxyl groups is 1. The maximum Gasteiger partial charge on any atom is 0.244 e. The first kappa shape index (κ1) is 27.9. The number of hydrogen-bond donors (Lipinski definition) is 1. The first-order valence-electron chi connectivity index (χ1n) is 13.4. The van der Waals surface area contributed by atoms with Gasteiger partial charge in [-0.2, -0.15) is 9.37 Å². The fourth-order valence-corrected chi connectivity index (χ4v) is 4.79. The smallest absolute Gasteiger partial charge is 0.244 e. The van der Waals surface area contributed by atoms with Crippen molar-refractivity contribution in [1.82, 2.24) is 9.97 Å². The maximum absolute atomic E-state index is 15.6. The zero-order chi connectivity index (χ0) is 28.0. The van der Waals surface area contributed by atoms with Gasteiger partial charge >= 0.3 is 0 Å². The highest BCUT2D eigenvalue weighted by atomic mass is 19.1. The van der Waals surface area contributed by atoms with Crippen LogP contribution in [0.5, 0.6) is 5.88 Å². The van der Waals surface area contributed by atoms with Crippen molar-refractivity contribution in [3.8, 4) is 5.88 Å². The van der Waals surface area contributed by atoms with E-state index in [9.17, 15) is 5.11 Å². The minimum Gasteiger partial charge on any atom is -0.471 e. The van der Waals surface area contributed by atoms with Gasteiger partial charge in [0, 0.05) is 0 Å². The minimum atomic E-state index is -2.24. The molecule has 4 aromatic rings.